The Kier molecular flexibility index (Phi) is 3.12. The van der Waals surface area contributed by atoms with Crippen LogP contribution < -0.4 is 5.73 Å². The summed E-state index contributed by atoms with van der Waals surface area (Å²) < 4.78 is 1.12. The van der Waals surface area contributed by atoms with Gasteiger partial charge in [0.25, 0.3) is 0 Å². The molecule has 0 atom stereocenters. The van der Waals surface area contributed by atoms with Gasteiger partial charge < -0.3 is 5.73 Å². The average Bonchev–Trinajstić information content (AvgIpc) is 2.69. The van der Waals surface area contributed by atoms with E-state index in [1.54, 1.807) is 17.5 Å². The van der Waals surface area contributed by atoms with Gasteiger partial charge in [0.2, 0.25) is 0 Å². The maximum atomic E-state index is 6.08. The molecule has 0 spiro atoms. The molecule has 2 aromatic heterocycles. The average molecular weight is 288 g/mol. The molecule has 96 valence electrons. The van der Waals surface area contributed by atoms with Crippen LogP contribution in [0.15, 0.2) is 34.4 Å². The number of aryl methyl sites for hydroxylation is 2. The van der Waals surface area contributed by atoms with Crippen molar-refractivity contribution in [3.8, 4) is 0 Å². The van der Waals surface area contributed by atoms with E-state index < -0.39 is 0 Å². The maximum absolute atomic E-state index is 6.08. The normalized spacial score (nSPS) is 11.1. The molecule has 0 saturated heterocycles. The fraction of sp³-hybridized carbons (Fsp3) is 0.154. The van der Waals surface area contributed by atoms with E-state index in [4.69, 9.17) is 5.73 Å². The zero-order valence-corrected chi connectivity index (χ0v) is 12.2. The van der Waals surface area contributed by atoms with Crippen LogP contribution >= 0.6 is 23.1 Å². The van der Waals surface area contributed by atoms with E-state index in [-0.39, 0.29) is 0 Å². The number of benzene rings is 1. The molecule has 2 heterocycles. The van der Waals surface area contributed by atoms with Crippen molar-refractivity contribution in [3.63, 3.8) is 0 Å². The summed E-state index contributed by atoms with van der Waals surface area (Å²) in [4.78, 5) is 14.0. The van der Waals surface area contributed by atoms with Crippen LogP contribution in [0.3, 0.4) is 0 Å². The van der Waals surface area contributed by atoms with Gasteiger partial charge in [0.05, 0.1) is 15.2 Å². The van der Waals surface area contributed by atoms with Crippen molar-refractivity contribution in [2.45, 2.75) is 23.9 Å². The van der Waals surface area contributed by atoms with Crippen LogP contribution in [0.5, 0.6) is 0 Å². The van der Waals surface area contributed by atoms with E-state index in [2.05, 4.69) is 15.0 Å². The van der Waals surface area contributed by atoms with Crippen molar-refractivity contribution in [1.29, 1.82) is 0 Å². The summed E-state index contributed by atoms with van der Waals surface area (Å²) in [6.07, 6.45) is 1.76. The predicted molar refractivity (Wildman–Crippen MR) is 79.7 cm³/mol. The monoisotopic (exact) mass is 288 g/mol. The summed E-state index contributed by atoms with van der Waals surface area (Å²) in [5.41, 5.74) is 8.75. The van der Waals surface area contributed by atoms with Crippen LogP contribution in [-0.4, -0.2) is 15.0 Å². The summed E-state index contributed by atoms with van der Waals surface area (Å²) in [7, 11) is 0. The first-order chi connectivity index (χ1) is 9.11. The molecule has 0 bridgehead atoms. The van der Waals surface area contributed by atoms with Gasteiger partial charge in [-0.2, -0.15) is 0 Å². The molecule has 0 radical (unpaired) electrons. The number of hydrogen-bond acceptors (Lipinski definition) is 6. The molecule has 0 unspecified atom stereocenters. The highest BCUT2D eigenvalue weighted by Gasteiger charge is 2.09. The number of hydrogen-bond donors (Lipinski definition) is 1. The van der Waals surface area contributed by atoms with Gasteiger partial charge in [-0.25, -0.2) is 15.0 Å². The second-order valence-corrected chi connectivity index (χ2v) is 6.42. The van der Waals surface area contributed by atoms with E-state index in [9.17, 15) is 0 Å². The van der Waals surface area contributed by atoms with Gasteiger partial charge in [-0.15, -0.1) is 11.3 Å². The SMILES string of the molecule is Cc1ccnc(Sc2cc3nc(C)sc3cc2N)n1. The van der Waals surface area contributed by atoms with Crippen molar-refractivity contribution in [3.05, 3.63) is 35.1 Å². The minimum absolute atomic E-state index is 0.706. The van der Waals surface area contributed by atoms with Gasteiger partial charge in [0.1, 0.15) is 0 Å². The smallest absolute Gasteiger partial charge is 0.192 e. The molecule has 6 heteroatoms. The number of anilines is 1. The maximum Gasteiger partial charge on any atom is 0.192 e. The number of fused-ring (bicyclic) bond motifs is 1. The minimum atomic E-state index is 0.706. The van der Waals surface area contributed by atoms with Gasteiger partial charge in [-0.05, 0) is 43.8 Å². The Hall–Kier alpha value is -1.66. The number of rotatable bonds is 2. The lowest BCUT2D eigenvalue weighted by Gasteiger charge is -2.04. The van der Waals surface area contributed by atoms with E-state index >= 15 is 0 Å². The fourth-order valence-electron chi connectivity index (χ4n) is 1.75. The van der Waals surface area contributed by atoms with Crippen LogP contribution in [-0.2, 0) is 0 Å². The number of thiazole rings is 1. The van der Waals surface area contributed by atoms with Crippen LogP contribution in [0.2, 0.25) is 0 Å². The van der Waals surface area contributed by atoms with Crippen molar-refractivity contribution in [2.75, 3.05) is 5.73 Å². The van der Waals surface area contributed by atoms with Crippen LogP contribution in [0, 0.1) is 13.8 Å². The summed E-state index contributed by atoms with van der Waals surface area (Å²) in [6, 6.07) is 5.85. The molecule has 0 aliphatic carbocycles. The minimum Gasteiger partial charge on any atom is -0.398 e. The third kappa shape index (κ3) is 2.54. The lowest BCUT2D eigenvalue weighted by Crippen LogP contribution is -1.91. The van der Waals surface area contributed by atoms with Gasteiger partial charge in [0, 0.05) is 22.5 Å². The third-order valence-electron chi connectivity index (χ3n) is 2.60. The van der Waals surface area contributed by atoms with E-state index in [0.717, 1.165) is 31.5 Å². The van der Waals surface area contributed by atoms with Crippen molar-refractivity contribution < 1.29 is 0 Å². The summed E-state index contributed by atoms with van der Waals surface area (Å²) >= 11 is 3.12. The van der Waals surface area contributed by atoms with Gasteiger partial charge in [-0.3, -0.25) is 0 Å². The zero-order valence-electron chi connectivity index (χ0n) is 10.5. The predicted octanol–water partition coefficient (Wildman–Crippen LogP) is 3.44. The van der Waals surface area contributed by atoms with Crippen molar-refractivity contribution in [1.82, 2.24) is 15.0 Å². The molecule has 0 fully saturated rings. The zero-order chi connectivity index (χ0) is 13.4. The highest BCUT2D eigenvalue weighted by Crippen LogP contribution is 2.34. The number of nitrogens with zero attached hydrogens (tertiary/aromatic N) is 3. The molecule has 1 aromatic carbocycles. The van der Waals surface area contributed by atoms with Gasteiger partial charge in [0.15, 0.2) is 5.16 Å². The van der Waals surface area contributed by atoms with Crippen molar-refractivity contribution in [2.24, 2.45) is 0 Å². The second-order valence-electron chi connectivity index (χ2n) is 4.17. The Morgan fingerprint density at radius 3 is 2.84 bits per heavy atom. The van der Waals surface area contributed by atoms with Crippen molar-refractivity contribution >= 4 is 39.0 Å². The molecule has 0 amide bonds. The first kappa shape index (κ1) is 12.4. The largest absolute Gasteiger partial charge is 0.398 e. The summed E-state index contributed by atoms with van der Waals surface area (Å²) in [6.45, 7) is 3.94. The van der Waals surface area contributed by atoms with E-state index in [1.165, 1.54) is 11.8 Å². The highest BCUT2D eigenvalue weighted by atomic mass is 32.2. The molecular formula is C13H12N4S2. The fourth-order valence-corrected chi connectivity index (χ4v) is 3.45. The van der Waals surface area contributed by atoms with Crippen LogP contribution in [0.25, 0.3) is 10.2 Å². The van der Waals surface area contributed by atoms with Crippen LogP contribution in [0.1, 0.15) is 10.7 Å². The van der Waals surface area contributed by atoms with Crippen LogP contribution in [0.4, 0.5) is 5.69 Å². The highest BCUT2D eigenvalue weighted by molar-refractivity contribution is 7.99. The number of aromatic nitrogens is 3. The topological polar surface area (TPSA) is 64.7 Å². The van der Waals surface area contributed by atoms with E-state index in [1.807, 2.05) is 32.0 Å². The third-order valence-corrected chi connectivity index (χ3v) is 4.49. The Balaban J connectivity index is 2.02. The summed E-state index contributed by atoms with van der Waals surface area (Å²) in [5.74, 6) is 0. The molecular weight excluding hydrogens is 276 g/mol. The molecule has 19 heavy (non-hydrogen) atoms. The lowest BCUT2D eigenvalue weighted by atomic mass is 10.3. The van der Waals surface area contributed by atoms with Gasteiger partial charge >= 0.3 is 0 Å². The molecule has 0 aliphatic heterocycles. The van der Waals surface area contributed by atoms with E-state index in [0.29, 0.717) is 5.16 Å². The standard InChI is InChI=1S/C13H12N4S2/c1-7-3-4-15-13(16-7)19-11-6-10-12(5-9(11)14)18-8(2)17-10/h3-6H,14H2,1-2H3. The summed E-state index contributed by atoms with van der Waals surface area (Å²) in [5, 5.41) is 1.75. The number of nitrogen functional groups attached to an aromatic ring is 1. The molecule has 0 aliphatic rings. The first-order valence-electron chi connectivity index (χ1n) is 5.76. The molecule has 2 N–H and O–H groups in total. The second kappa shape index (κ2) is 4.79. The number of nitrogens with two attached hydrogens (primary N) is 1. The molecule has 0 saturated carbocycles. The molecule has 3 rings (SSSR count). The first-order valence-corrected chi connectivity index (χ1v) is 7.39. The Morgan fingerprint density at radius 2 is 2.05 bits per heavy atom. The molecule has 3 aromatic rings. The quantitative estimate of drug-likeness (QED) is 0.578. The van der Waals surface area contributed by atoms with Gasteiger partial charge in [-0.1, -0.05) is 0 Å². The Bertz CT molecular complexity index is 751. The molecule has 4 nitrogen and oxygen atoms in total. The lowest BCUT2D eigenvalue weighted by molar-refractivity contribution is 0.932. The Morgan fingerprint density at radius 1 is 1.21 bits per heavy atom. The Labute approximate surface area is 119 Å².